The highest BCUT2D eigenvalue weighted by atomic mass is 16.7. The molecule has 3 saturated carbocycles. The van der Waals surface area contributed by atoms with Crippen molar-refractivity contribution >= 4 is 5.91 Å². The van der Waals surface area contributed by atoms with Crippen molar-refractivity contribution in [3.63, 3.8) is 0 Å². The maximum atomic E-state index is 12.5. The Hall–Kier alpha value is -2.12. The summed E-state index contributed by atoms with van der Waals surface area (Å²) in [7, 11) is 0. The van der Waals surface area contributed by atoms with Crippen LogP contribution in [0.5, 0.6) is 0 Å². The normalized spacial score (nSPS) is 42.7. The molecule has 0 aromatic carbocycles. The molecule has 1 saturated heterocycles. The summed E-state index contributed by atoms with van der Waals surface area (Å²) in [6, 6.07) is 1.85. The van der Waals surface area contributed by atoms with Crippen LogP contribution in [0.1, 0.15) is 96.0 Å². The van der Waals surface area contributed by atoms with Crippen molar-refractivity contribution < 1.29 is 34.0 Å². The number of aliphatic hydroxyl groups excluding tert-OH is 2. The first-order valence-electron chi connectivity index (χ1n) is 17.3. The van der Waals surface area contributed by atoms with Gasteiger partial charge in [0.1, 0.15) is 12.2 Å². The summed E-state index contributed by atoms with van der Waals surface area (Å²) in [5, 5.41) is 36.9. The molecular weight excluding hydrogens is 590 g/mol. The molecule has 2 heterocycles. The van der Waals surface area contributed by atoms with E-state index in [1.165, 1.54) is 11.6 Å². The number of fused-ring (bicyclic) bond motifs is 5. The second-order valence-corrected chi connectivity index (χ2v) is 15.1. The number of nitrogens with one attached hydrogen (secondary N) is 1. The summed E-state index contributed by atoms with van der Waals surface area (Å²) in [5.41, 5.74) is 12.4. The van der Waals surface area contributed by atoms with E-state index < -0.39 is 42.1 Å². The van der Waals surface area contributed by atoms with Crippen LogP contribution in [0, 0.1) is 22.7 Å². The molecule has 7 unspecified atom stereocenters. The van der Waals surface area contributed by atoms with E-state index in [2.05, 4.69) is 25.2 Å². The molecule has 0 spiro atoms. The number of hydrogen-bond donors (Lipinski definition) is 6. The third-order valence-electron chi connectivity index (χ3n) is 12.8. The van der Waals surface area contributed by atoms with Crippen molar-refractivity contribution in [2.75, 3.05) is 13.2 Å². The highest BCUT2D eigenvalue weighted by Gasteiger charge is 2.66. The van der Waals surface area contributed by atoms with Gasteiger partial charge in [-0.2, -0.15) is 0 Å². The summed E-state index contributed by atoms with van der Waals surface area (Å²) >= 11 is 0. The molecule has 11 nitrogen and oxygen atoms in total. The van der Waals surface area contributed by atoms with Gasteiger partial charge in [-0.05, 0) is 106 Å². The lowest BCUT2D eigenvalue weighted by Gasteiger charge is -2.62. The predicted molar refractivity (Wildman–Crippen MR) is 170 cm³/mol. The van der Waals surface area contributed by atoms with Crippen LogP contribution >= 0.6 is 0 Å². The Bertz CT molecular complexity index is 1330. The molecule has 12 atom stereocenters. The topological polar surface area (TPSA) is 190 Å². The van der Waals surface area contributed by atoms with E-state index in [4.69, 9.17) is 25.4 Å². The smallest absolute Gasteiger partial charge is 0.335 e. The third-order valence-corrected chi connectivity index (χ3v) is 12.8. The van der Waals surface area contributed by atoms with Crippen LogP contribution in [0.15, 0.2) is 39.3 Å². The summed E-state index contributed by atoms with van der Waals surface area (Å²) in [6.45, 7) is 5.13. The van der Waals surface area contributed by atoms with Crippen LogP contribution < -0.4 is 22.4 Å². The van der Waals surface area contributed by atoms with Gasteiger partial charge < -0.3 is 46.0 Å². The molecular formula is C35H53N3O8. The molecule has 11 heteroatoms. The Morgan fingerprint density at radius 3 is 2.63 bits per heavy atom. The molecule has 0 bridgehead atoms. The fourth-order valence-electron chi connectivity index (χ4n) is 10.0. The molecule has 6 rings (SSSR count). The highest BCUT2D eigenvalue weighted by molar-refractivity contribution is 5.81. The van der Waals surface area contributed by atoms with Crippen molar-refractivity contribution in [1.29, 1.82) is 0 Å². The molecule has 1 aromatic rings. The summed E-state index contributed by atoms with van der Waals surface area (Å²) < 4.78 is 17.3. The summed E-state index contributed by atoms with van der Waals surface area (Å²) in [5.74, 6) is 0.298. The number of unbranched alkanes of at least 4 members (excludes halogenated alkanes) is 1. The lowest BCUT2D eigenvalue weighted by molar-refractivity contribution is -0.262. The standard InChI is InChI=1S/C35H53N3O8/c1-33-13-10-22(46-32-30(41)29(40)27(19-45-32)38-31(42)26(37)5-3-4-16-36)17-21(33)7-8-25-24(33)11-14-34(2)23(12-15-35(25,34)43)20-6-9-28(39)44-18-20/h6,9,17-18,22-27,29-30,32,40-41,43H,3-5,7-8,10-16,19,36-37H2,1-2H3,(H,38,42)/t22?,23-,24+,25-,26?,27?,29-,30?,32-,33?,34?,35?/m1/s1. The number of amides is 1. The molecule has 4 fully saturated rings. The molecule has 1 aromatic heterocycles. The van der Waals surface area contributed by atoms with Gasteiger partial charge >= 0.3 is 5.63 Å². The molecule has 8 N–H and O–H groups in total. The minimum absolute atomic E-state index is 0.00237. The highest BCUT2D eigenvalue weighted by Crippen LogP contribution is 2.70. The molecule has 256 valence electrons. The van der Waals surface area contributed by atoms with E-state index in [0.717, 1.165) is 69.8 Å². The largest absolute Gasteiger partial charge is 0.431 e. The average molecular weight is 644 g/mol. The van der Waals surface area contributed by atoms with Crippen LogP contribution in [0.2, 0.25) is 0 Å². The van der Waals surface area contributed by atoms with E-state index in [1.807, 2.05) is 6.07 Å². The Balaban J connectivity index is 1.08. The van der Waals surface area contributed by atoms with Crippen LogP contribution in [0.25, 0.3) is 0 Å². The molecule has 5 aliphatic rings. The van der Waals surface area contributed by atoms with Gasteiger partial charge in [0.05, 0.1) is 36.7 Å². The summed E-state index contributed by atoms with van der Waals surface area (Å²) in [6.07, 6.45) is 8.90. The zero-order valence-electron chi connectivity index (χ0n) is 27.2. The number of ether oxygens (including phenoxy) is 2. The third kappa shape index (κ3) is 5.80. The van der Waals surface area contributed by atoms with Crippen molar-refractivity contribution in [2.24, 2.45) is 34.1 Å². The van der Waals surface area contributed by atoms with Gasteiger partial charge in [-0.25, -0.2) is 4.79 Å². The molecule has 1 aliphatic heterocycles. The number of nitrogens with two attached hydrogens (primary N) is 2. The van der Waals surface area contributed by atoms with Gasteiger partial charge in [0, 0.05) is 11.5 Å². The lowest BCUT2D eigenvalue weighted by atomic mass is 9.45. The fourth-order valence-corrected chi connectivity index (χ4v) is 10.0. The summed E-state index contributed by atoms with van der Waals surface area (Å²) in [4.78, 5) is 24.1. The van der Waals surface area contributed by atoms with E-state index in [-0.39, 0.29) is 41.0 Å². The SMILES string of the molecule is CC12CCC(O[C@H]3OCC(NC(=O)C(N)CCCCN)[C@@H](O)C3O)C=C1CC[C@@H]1[C@@H]2CCC2(C)[C@@H](c3ccc(=O)oc3)CCC12O. The molecule has 4 aliphatic carbocycles. The van der Waals surface area contributed by atoms with Crippen LogP contribution in [0.3, 0.4) is 0 Å². The van der Waals surface area contributed by atoms with E-state index in [0.29, 0.717) is 18.9 Å². The minimum atomic E-state index is -1.33. The zero-order valence-corrected chi connectivity index (χ0v) is 27.2. The molecule has 46 heavy (non-hydrogen) atoms. The van der Waals surface area contributed by atoms with E-state index >= 15 is 0 Å². The van der Waals surface area contributed by atoms with Gasteiger partial charge in [0.25, 0.3) is 0 Å². The maximum Gasteiger partial charge on any atom is 0.335 e. The number of aliphatic hydroxyl groups is 3. The van der Waals surface area contributed by atoms with Gasteiger partial charge in [-0.3, -0.25) is 4.79 Å². The van der Waals surface area contributed by atoms with E-state index in [9.17, 15) is 24.9 Å². The van der Waals surface area contributed by atoms with Crippen LogP contribution in [-0.2, 0) is 14.3 Å². The van der Waals surface area contributed by atoms with Crippen LogP contribution in [-0.4, -0.2) is 76.7 Å². The predicted octanol–water partition coefficient (Wildman–Crippen LogP) is 2.21. The first-order valence-corrected chi connectivity index (χ1v) is 17.3. The Labute approximate surface area is 271 Å². The number of carbonyl (C=O) groups is 1. The van der Waals surface area contributed by atoms with Crippen LogP contribution in [0.4, 0.5) is 0 Å². The lowest BCUT2D eigenvalue weighted by Crippen LogP contribution is -2.62. The van der Waals surface area contributed by atoms with Gasteiger partial charge in [-0.1, -0.05) is 31.9 Å². The van der Waals surface area contributed by atoms with Gasteiger partial charge in [0.2, 0.25) is 5.91 Å². The van der Waals surface area contributed by atoms with E-state index in [1.54, 1.807) is 6.26 Å². The number of carbonyl (C=O) groups excluding carboxylic acids is 1. The number of hydrogen-bond acceptors (Lipinski definition) is 10. The quantitative estimate of drug-likeness (QED) is 0.172. The van der Waals surface area contributed by atoms with Crippen molar-refractivity contribution in [3.8, 4) is 0 Å². The second-order valence-electron chi connectivity index (χ2n) is 15.1. The second kappa shape index (κ2) is 13.1. The maximum absolute atomic E-state index is 12.5. The number of allylic oxidation sites excluding steroid dienone is 1. The fraction of sp³-hybridized carbons (Fsp3) is 0.771. The minimum Gasteiger partial charge on any atom is -0.431 e. The van der Waals surface area contributed by atoms with Crippen molar-refractivity contribution in [2.45, 2.75) is 133 Å². The monoisotopic (exact) mass is 643 g/mol. The van der Waals surface area contributed by atoms with Gasteiger partial charge in [-0.15, -0.1) is 0 Å². The molecule has 1 amide bonds. The van der Waals surface area contributed by atoms with Crippen molar-refractivity contribution in [3.05, 3.63) is 46.0 Å². The first-order chi connectivity index (χ1) is 21.9. The average Bonchev–Trinajstić information content (AvgIpc) is 3.32. The Morgan fingerprint density at radius 1 is 1.09 bits per heavy atom. The Morgan fingerprint density at radius 2 is 1.89 bits per heavy atom. The first kappa shape index (κ1) is 33.8. The van der Waals surface area contributed by atoms with Gasteiger partial charge in [0.15, 0.2) is 6.29 Å². The Kier molecular flexibility index (Phi) is 9.59. The zero-order chi connectivity index (χ0) is 32.9. The number of rotatable bonds is 9. The molecule has 0 radical (unpaired) electrons. The van der Waals surface area contributed by atoms with Crippen molar-refractivity contribution in [1.82, 2.24) is 5.32 Å².